The zero-order valence-corrected chi connectivity index (χ0v) is 10.3. The molecule has 0 aromatic carbocycles. The van der Waals surface area contributed by atoms with E-state index in [1.807, 2.05) is 6.92 Å². The molecule has 6 nitrogen and oxygen atoms in total. The van der Waals surface area contributed by atoms with Crippen LogP contribution >= 0.6 is 11.6 Å². The Hall–Kier alpha value is -1.69. The van der Waals surface area contributed by atoms with Gasteiger partial charge in [-0.15, -0.1) is 0 Å². The highest BCUT2D eigenvalue weighted by atomic mass is 35.5. The molecule has 1 aromatic heterocycles. The minimum absolute atomic E-state index is 0.0292. The van der Waals surface area contributed by atoms with Crippen molar-refractivity contribution in [1.29, 1.82) is 0 Å². The minimum atomic E-state index is -0.184. The predicted molar refractivity (Wildman–Crippen MR) is 64.3 cm³/mol. The maximum Gasteiger partial charge on any atom is 0.239 e. The van der Waals surface area contributed by atoms with Gasteiger partial charge < -0.3 is 10.6 Å². The number of nitrogens with zero attached hydrogens (tertiary/aromatic N) is 2. The van der Waals surface area contributed by atoms with E-state index >= 15 is 0 Å². The lowest BCUT2D eigenvalue weighted by Crippen LogP contribution is -2.30. The molecular formula is C10H13ClN4O2. The summed E-state index contributed by atoms with van der Waals surface area (Å²) in [6.07, 6.45) is 0.557. The molecule has 0 fully saturated rings. The fraction of sp³-hybridized carbons (Fsp3) is 0.400. The Labute approximate surface area is 104 Å². The van der Waals surface area contributed by atoms with Crippen molar-refractivity contribution < 1.29 is 9.59 Å². The molecule has 0 atom stereocenters. The molecule has 0 saturated carbocycles. The Balaban J connectivity index is 2.83. The molecule has 1 heterocycles. The summed E-state index contributed by atoms with van der Waals surface area (Å²) in [5.41, 5.74) is 0.154. The van der Waals surface area contributed by atoms with Crippen molar-refractivity contribution in [1.82, 2.24) is 15.3 Å². The number of aromatic nitrogens is 2. The van der Waals surface area contributed by atoms with Gasteiger partial charge >= 0.3 is 0 Å². The Morgan fingerprint density at radius 3 is 2.76 bits per heavy atom. The summed E-state index contributed by atoms with van der Waals surface area (Å²) >= 11 is 5.79. The highest BCUT2D eigenvalue weighted by molar-refractivity contribution is 6.32. The smallest absolute Gasteiger partial charge is 0.239 e. The summed E-state index contributed by atoms with van der Waals surface area (Å²) in [4.78, 5) is 29.9. The van der Waals surface area contributed by atoms with E-state index in [0.717, 1.165) is 0 Å². The average molecular weight is 257 g/mol. The van der Waals surface area contributed by atoms with Crippen LogP contribution in [0.25, 0.3) is 0 Å². The summed E-state index contributed by atoms with van der Waals surface area (Å²) in [6.45, 7) is 4.05. The highest BCUT2D eigenvalue weighted by Crippen LogP contribution is 2.18. The average Bonchev–Trinajstić information content (AvgIpc) is 2.26. The third-order valence-electron chi connectivity index (χ3n) is 1.92. The quantitative estimate of drug-likeness (QED) is 0.601. The third kappa shape index (κ3) is 3.67. The van der Waals surface area contributed by atoms with Crippen molar-refractivity contribution in [3.05, 3.63) is 16.5 Å². The van der Waals surface area contributed by atoms with E-state index in [-0.39, 0.29) is 29.0 Å². The molecule has 1 amide bonds. The second-order valence-corrected chi connectivity index (χ2v) is 3.61. The lowest BCUT2D eigenvalue weighted by molar-refractivity contribution is -0.119. The van der Waals surface area contributed by atoms with Crippen LogP contribution in [0.15, 0.2) is 0 Å². The summed E-state index contributed by atoms with van der Waals surface area (Å²) < 4.78 is 0. The van der Waals surface area contributed by atoms with Gasteiger partial charge in [0.25, 0.3) is 0 Å². The third-order valence-corrected chi connectivity index (χ3v) is 2.21. The molecule has 0 aliphatic carbocycles. The highest BCUT2D eigenvalue weighted by Gasteiger charge is 2.11. The number of likely N-dealkylation sites (N-methyl/N-ethyl adjacent to an activating group) is 1. The molecule has 7 heteroatoms. The van der Waals surface area contributed by atoms with Crippen molar-refractivity contribution in [2.75, 3.05) is 18.4 Å². The Morgan fingerprint density at radius 2 is 2.18 bits per heavy atom. The minimum Gasteiger partial charge on any atom is -0.360 e. The number of anilines is 1. The summed E-state index contributed by atoms with van der Waals surface area (Å²) in [5, 5.41) is 5.44. The summed E-state index contributed by atoms with van der Waals surface area (Å²) in [7, 11) is 0. The number of aryl methyl sites for hydroxylation is 1. The van der Waals surface area contributed by atoms with Gasteiger partial charge in [-0.05, 0) is 13.8 Å². The lowest BCUT2D eigenvalue weighted by atomic mass is 10.3. The van der Waals surface area contributed by atoms with E-state index in [0.29, 0.717) is 18.7 Å². The first-order valence-electron chi connectivity index (χ1n) is 5.08. The van der Waals surface area contributed by atoms with Crippen molar-refractivity contribution >= 4 is 29.6 Å². The van der Waals surface area contributed by atoms with Gasteiger partial charge in [0.05, 0.1) is 12.1 Å². The van der Waals surface area contributed by atoms with E-state index < -0.39 is 0 Å². The van der Waals surface area contributed by atoms with Gasteiger partial charge in [-0.2, -0.15) is 0 Å². The molecule has 0 aliphatic rings. The van der Waals surface area contributed by atoms with Crippen LogP contribution in [0.4, 0.5) is 5.82 Å². The zero-order valence-electron chi connectivity index (χ0n) is 9.58. The molecule has 0 radical (unpaired) electrons. The van der Waals surface area contributed by atoms with Crippen LogP contribution in [-0.2, 0) is 4.79 Å². The number of carbonyl (C=O) groups excluding carboxylic acids is 2. The molecule has 1 aromatic rings. The van der Waals surface area contributed by atoms with Gasteiger partial charge in [-0.3, -0.25) is 9.59 Å². The first-order chi connectivity index (χ1) is 8.08. The van der Waals surface area contributed by atoms with Gasteiger partial charge in [0.1, 0.15) is 16.8 Å². The van der Waals surface area contributed by atoms with Crippen LogP contribution < -0.4 is 10.6 Å². The molecule has 2 N–H and O–H groups in total. The predicted octanol–water partition coefficient (Wildman–Crippen LogP) is 0.799. The first kappa shape index (κ1) is 13.4. The Morgan fingerprint density at radius 1 is 1.47 bits per heavy atom. The maximum absolute atomic E-state index is 11.2. The van der Waals surface area contributed by atoms with Gasteiger partial charge in [-0.1, -0.05) is 11.6 Å². The fourth-order valence-corrected chi connectivity index (χ4v) is 1.47. The van der Waals surface area contributed by atoms with E-state index in [4.69, 9.17) is 11.6 Å². The molecule has 17 heavy (non-hydrogen) atoms. The number of hydrogen-bond donors (Lipinski definition) is 2. The topological polar surface area (TPSA) is 84.0 Å². The fourth-order valence-electron chi connectivity index (χ4n) is 1.21. The Bertz CT molecular complexity index is 437. The molecule has 0 aliphatic heterocycles. The molecule has 0 unspecified atom stereocenters. The molecular weight excluding hydrogens is 244 g/mol. The monoisotopic (exact) mass is 256 g/mol. The first-order valence-corrected chi connectivity index (χ1v) is 5.46. The number of aldehydes is 1. The van der Waals surface area contributed by atoms with Crippen LogP contribution in [0.3, 0.4) is 0 Å². The SMILES string of the molecule is CCNC(=O)CNc1nc(C)nc(Cl)c1C=O. The van der Waals surface area contributed by atoms with Crippen LogP contribution in [0.1, 0.15) is 23.1 Å². The molecule has 92 valence electrons. The molecule has 1 rings (SSSR count). The van der Waals surface area contributed by atoms with Crippen molar-refractivity contribution in [2.45, 2.75) is 13.8 Å². The van der Waals surface area contributed by atoms with E-state index in [1.54, 1.807) is 6.92 Å². The number of rotatable bonds is 5. The number of halogens is 1. The van der Waals surface area contributed by atoms with E-state index in [9.17, 15) is 9.59 Å². The summed E-state index contributed by atoms with van der Waals surface area (Å²) in [5.74, 6) is 0.513. The summed E-state index contributed by atoms with van der Waals surface area (Å²) in [6, 6.07) is 0. The lowest BCUT2D eigenvalue weighted by Gasteiger charge is -2.09. The molecule has 0 bridgehead atoms. The number of nitrogens with one attached hydrogen (secondary N) is 2. The van der Waals surface area contributed by atoms with Gasteiger partial charge in [-0.25, -0.2) is 9.97 Å². The van der Waals surface area contributed by atoms with E-state index in [1.165, 1.54) is 0 Å². The van der Waals surface area contributed by atoms with Gasteiger partial charge in [0, 0.05) is 6.54 Å². The normalized spacial score (nSPS) is 9.82. The number of hydrogen-bond acceptors (Lipinski definition) is 5. The number of carbonyl (C=O) groups is 2. The zero-order chi connectivity index (χ0) is 12.8. The van der Waals surface area contributed by atoms with E-state index in [2.05, 4.69) is 20.6 Å². The van der Waals surface area contributed by atoms with Crippen molar-refractivity contribution in [3.8, 4) is 0 Å². The van der Waals surface area contributed by atoms with Gasteiger partial charge in [0.15, 0.2) is 6.29 Å². The number of amides is 1. The van der Waals surface area contributed by atoms with Crippen molar-refractivity contribution in [3.63, 3.8) is 0 Å². The van der Waals surface area contributed by atoms with Crippen LogP contribution in [0.2, 0.25) is 5.15 Å². The molecule has 0 spiro atoms. The van der Waals surface area contributed by atoms with Crippen LogP contribution in [0, 0.1) is 6.92 Å². The largest absolute Gasteiger partial charge is 0.360 e. The second kappa shape index (κ2) is 6.15. The maximum atomic E-state index is 11.2. The van der Waals surface area contributed by atoms with Crippen molar-refractivity contribution in [2.24, 2.45) is 0 Å². The van der Waals surface area contributed by atoms with Gasteiger partial charge in [0.2, 0.25) is 5.91 Å². The van der Waals surface area contributed by atoms with Crippen LogP contribution in [-0.4, -0.2) is 35.3 Å². The Kier molecular flexibility index (Phi) is 4.84. The standard InChI is InChI=1S/C10H13ClN4O2/c1-3-12-8(17)4-13-10-7(5-16)9(11)14-6(2)15-10/h5H,3-4H2,1-2H3,(H,12,17)(H,13,14,15). The second-order valence-electron chi connectivity index (χ2n) is 3.25. The molecule has 0 saturated heterocycles. The van der Waals surface area contributed by atoms with Crippen LogP contribution in [0.5, 0.6) is 0 Å².